The van der Waals surface area contributed by atoms with Crippen LogP contribution in [0.25, 0.3) is 0 Å². The monoisotopic (exact) mass is 744 g/mol. The van der Waals surface area contributed by atoms with Crippen molar-refractivity contribution in [3.05, 3.63) is 124 Å². The fourth-order valence-corrected chi connectivity index (χ4v) is 6.87. The van der Waals surface area contributed by atoms with Crippen LogP contribution in [0, 0.1) is 0 Å². The molecule has 1 aliphatic heterocycles. The Morgan fingerprint density at radius 2 is 1.65 bits per heavy atom. The van der Waals surface area contributed by atoms with Gasteiger partial charge in [0.1, 0.15) is 11.4 Å². The summed E-state index contributed by atoms with van der Waals surface area (Å²) in [5.41, 5.74) is 0.140. The molecular formula is C39H41BrN2O6S. The molecule has 2 atom stereocenters. The Morgan fingerprint density at radius 3 is 2.37 bits per heavy atom. The van der Waals surface area contributed by atoms with E-state index in [9.17, 15) is 9.59 Å². The second-order valence-electron chi connectivity index (χ2n) is 12.6. The predicted molar refractivity (Wildman–Crippen MR) is 195 cm³/mol. The number of hydrogen-bond acceptors (Lipinski definition) is 8. The lowest BCUT2D eigenvalue weighted by Crippen LogP contribution is -2.48. The van der Waals surface area contributed by atoms with E-state index in [-0.39, 0.29) is 37.8 Å². The number of benzene rings is 4. The zero-order valence-electron chi connectivity index (χ0n) is 27.9. The third kappa shape index (κ3) is 9.53. The van der Waals surface area contributed by atoms with E-state index in [0.717, 1.165) is 25.4 Å². The number of halogens is 1. The summed E-state index contributed by atoms with van der Waals surface area (Å²) in [6.07, 6.45) is -0.332. The molecule has 10 heteroatoms. The van der Waals surface area contributed by atoms with E-state index in [4.69, 9.17) is 24.3 Å². The Kier molecular flexibility index (Phi) is 12.2. The Labute approximate surface area is 300 Å². The van der Waals surface area contributed by atoms with Crippen LogP contribution in [0.15, 0.2) is 122 Å². The lowest BCUT2D eigenvalue weighted by atomic mass is 9.83. The van der Waals surface area contributed by atoms with Gasteiger partial charge in [0.05, 0.1) is 6.61 Å². The van der Waals surface area contributed by atoms with Crippen molar-refractivity contribution in [2.24, 2.45) is 4.99 Å². The van der Waals surface area contributed by atoms with Gasteiger partial charge in [-0.05, 0) is 81.3 Å². The topological polar surface area (TPSA) is 106 Å². The van der Waals surface area contributed by atoms with E-state index >= 15 is 0 Å². The summed E-state index contributed by atoms with van der Waals surface area (Å²) in [6, 6.07) is 32.8. The number of aliphatic imine (C=N–C) groups is 1. The number of ether oxygens (including phenoxy) is 3. The molecular weight excluding hydrogens is 704 g/mol. The maximum atomic E-state index is 14.7. The fraction of sp³-hybridized carbons (Fsp3) is 0.308. The zero-order valence-corrected chi connectivity index (χ0v) is 30.3. The van der Waals surface area contributed by atoms with Gasteiger partial charge >= 0.3 is 5.97 Å². The molecule has 1 aliphatic rings. The highest BCUT2D eigenvalue weighted by Gasteiger charge is 2.53. The van der Waals surface area contributed by atoms with Crippen molar-refractivity contribution < 1.29 is 28.9 Å². The summed E-state index contributed by atoms with van der Waals surface area (Å²) in [5, 5.41) is 12.3. The minimum atomic E-state index is -1.51. The maximum Gasteiger partial charge on any atom is 0.306 e. The van der Waals surface area contributed by atoms with E-state index in [1.165, 1.54) is 0 Å². The van der Waals surface area contributed by atoms with Crippen LogP contribution in [-0.4, -0.2) is 47.2 Å². The quantitative estimate of drug-likeness (QED) is 0.0994. The Balaban J connectivity index is 1.50. The molecule has 1 amide bonds. The summed E-state index contributed by atoms with van der Waals surface area (Å²) in [4.78, 5) is 34.9. The molecule has 4 aromatic carbocycles. The van der Waals surface area contributed by atoms with Crippen molar-refractivity contribution in [3.63, 3.8) is 0 Å². The molecule has 8 nitrogen and oxygen atoms in total. The molecule has 0 radical (unpaired) electrons. The normalized spacial score (nSPS) is 17.2. The minimum Gasteiger partial charge on any atom is -0.494 e. The lowest BCUT2D eigenvalue weighted by Gasteiger charge is -2.31. The minimum absolute atomic E-state index is 0.0457. The predicted octanol–water partition coefficient (Wildman–Crippen LogP) is 8.06. The van der Waals surface area contributed by atoms with Crippen LogP contribution < -0.4 is 10.1 Å². The van der Waals surface area contributed by atoms with Gasteiger partial charge in [-0.3, -0.25) is 9.59 Å². The number of esters is 1. The van der Waals surface area contributed by atoms with Crippen LogP contribution in [0.5, 0.6) is 5.75 Å². The number of carbonyl (C=O) groups is 2. The second kappa shape index (κ2) is 16.5. The first kappa shape index (κ1) is 36.2. The first-order valence-electron chi connectivity index (χ1n) is 16.2. The standard InChI is InChI=1S/C39H41BrN2O6S/c1-38(2,3)48-34(44)22-23-39(37(45)41-26-28-12-7-10-17-33(28)49-30-13-5-4-6-14-30)35(31-15-8-9-16-32(31)40)47-36(42-39)27-18-20-29(21-19-27)46-25-11-24-43/h4-10,12-21,35,43H,11,22-26H2,1-3H3,(H,41,45)/t35-,39-/m1/s1. The van der Waals surface area contributed by atoms with Crippen LogP contribution >= 0.6 is 27.7 Å². The zero-order chi connectivity index (χ0) is 34.9. The number of nitrogens with zero attached hydrogens (tertiary/aromatic N) is 1. The third-order valence-electron chi connectivity index (χ3n) is 7.73. The summed E-state index contributed by atoms with van der Waals surface area (Å²) >= 11 is 5.30. The van der Waals surface area contributed by atoms with Gasteiger partial charge in [0.2, 0.25) is 5.90 Å². The Bertz CT molecular complexity index is 1760. The van der Waals surface area contributed by atoms with Crippen LogP contribution in [-0.2, 0) is 25.6 Å². The second-order valence-corrected chi connectivity index (χ2v) is 14.6. The van der Waals surface area contributed by atoms with Gasteiger partial charge in [-0.2, -0.15) is 0 Å². The fourth-order valence-electron chi connectivity index (χ4n) is 5.41. The molecule has 0 aromatic heterocycles. The molecule has 256 valence electrons. The van der Waals surface area contributed by atoms with E-state index in [2.05, 4.69) is 21.2 Å². The number of carbonyl (C=O) groups excluding carboxylic acids is 2. The number of rotatable bonds is 14. The molecule has 0 spiro atoms. The molecule has 49 heavy (non-hydrogen) atoms. The van der Waals surface area contributed by atoms with Crippen molar-refractivity contribution in [2.75, 3.05) is 13.2 Å². The van der Waals surface area contributed by atoms with Gasteiger partial charge in [-0.1, -0.05) is 82.3 Å². The van der Waals surface area contributed by atoms with Crippen molar-refractivity contribution in [1.29, 1.82) is 0 Å². The van der Waals surface area contributed by atoms with Gasteiger partial charge in [0, 0.05) is 51.4 Å². The maximum absolute atomic E-state index is 14.7. The summed E-state index contributed by atoms with van der Waals surface area (Å²) in [5.74, 6) is 0.125. The Hall–Kier alpha value is -4.12. The molecule has 2 N–H and O–H groups in total. The van der Waals surface area contributed by atoms with Crippen molar-refractivity contribution in [2.45, 2.75) is 73.6 Å². The molecule has 0 bridgehead atoms. The van der Waals surface area contributed by atoms with Crippen LogP contribution in [0.2, 0.25) is 0 Å². The largest absolute Gasteiger partial charge is 0.494 e. The smallest absolute Gasteiger partial charge is 0.306 e. The average Bonchev–Trinajstić information content (AvgIpc) is 3.48. The van der Waals surface area contributed by atoms with Gasteiger partial charge < -0.3 is 24.6 Å². The number of aliphatic hydroxyl groups is 1. The van der Waals surface area contributed by atoms with Gasteiger partial charge in [0.25, 0.3) is 5.91 Å². The first-order chi connectivity index (χ1) is 23.6. The molecule has 1 heterocycles. The summed E-state index contributed by atoms with van der Waals surface area (Å²) < 4.78 is 18.7. The van der Waals surface area contributed by atoms with E-state index < -0.39 is 23.2 Å². The molecule has 5 rings (SSSR count). The van der Waals surface area contributed by atoms with Crippen molar-refractivity contribution in [3.8, 4) is 5.75 Å². The molecule has 0 aliphatic carbocycles. The summed E-state index contributed by atoms with van der Waals surface area (Å²) in [7, 11) is 0. The highest BCUT2D eigenvalue weighted by molar-refractivity contribution is 9.10. The summed E-state index contributed by atoms with van der Waals surface area (Å²) in [6.45, 7) is 6.12. The molecule has 0 unspecified atom stereocenters. The number of nitrogens with one attached hydrogen (secondary N) is 1. The molecule has 4 aromatic rings. The first-order valence-corrected chi connectivity index (χ1v) is 17.8. The number of hydrogen-bond donors (Lipinski definition) is 2. The average molecular weight is 746 g/mol. The van der Waals surface area contributed by atoms with Gasteiger partial charge in [-0.15, -0.1) is 0 Å². The van der Waals surface area contributed by atoms with Crippen LogP contribution in [0.4, 0.5) is 0 Å². The lowest BCUT2D eigenvalue weighted by molar-refractivity contribution is -0.155. The highest BCUT2D eigenvalue weighted by atomic mass is 79.9. The van der Waals surface area contributed by atoms with E-state index in [1.54, 1.807) is 23.9 Å². The number of aliphatic hydroxyl groups excluding tert-OH is 1. The van der Waals surface area contributed by atoms with Crippen molar-refractivity contribution in [1.82, 2.24) is 5.32 Å². The molecule has 0 saturated carbocycles. The van der Waals surface area contributed by atoms with Crippen molar-refractivity contribution >= 4 is 45.5 Å². The van der Waals surface area contributed by atoms with Gasteiger partial charge in [0.15, 0.2) is 11.6 Å². The SMILES string of the molecule is CC(C)(C)OC(=O)CC[C@@]1(C(=O)NCc2ccccc2Sc2ccccc2)N=C(c2ccc(OCCCO)cc2)O[C@@H]1c1ccccc1Br. The van der Waals surface area contributed by atoms with E-state index in [1.807, 2.05) is 112 Å². The molecule has 0 saturated heterocycles. The van der Waals surface area contributed by atoms with Crippen LogP contribution in [0.3, 0.4) is 0 Å². The van der Waals surface area contributed by atoms with Crippen LogP contribution in [0.1, 0.15) is 62.8 Å². The number of amides is 1. The highest BCUT2D eigenvalue weighted by Crippen LogP contribution is 2.45. The van der Waals surface area contributed by atoms with E-state index in [0.29, 0.717) is 24.3 Å². The Morgan fingerprint density at radius 1 is 0.959 bits per heavy atom. The molecule has 0 fully saturated rings. The third-order valence-corrected chi connectivity index (χ3v) is 9.58. The van der Waals surface area contributed by atoms with Gasteiger partial charge in [-0.25, -0.2) is 4.99 Å².